The van der Waals surface area contributed by atoms with Crippen molar-refractivity contribution in [3.8, 4) is 0 Å². The van der Waals surface area contributed by atoms with Crippen molar-refractivity contribution in [2.45, 2.75) is 71.5 Å². The third kappa shape index (κ3) is 10.5. The number of hydrogen-bond donors (Lipinski definition) is 1. The fourth-order valence-corrected chi connectivity index (χ4v) is 3.08. The van der Waals surface area contributed by atoms with Gasteiger partial charge in [-0.3, -0.25) is 4.79 Å². The quantitative estimate of drug-likeness (QED) is 0.269. The molecule has 1 N–H and O–H groups in total. The molecule has 26 heavy (non-hydrogen) atoms. The van der Waals surface area contributed by atoms with Crippen LogP contribution in [0.25, 0.3) is 0 Å². The number of ether oxygens (including phenoxy) is 4. The Kier molecular flexibility index (Phi) is 13.8. The lowest BCUT2D eigenvalue weighted by Crippen LogP contribution is -2.33. The predicted molar refractivity (Wildman–Crippen MR) is 99.8 cm³/mol. The Morgan fingerprint density at radius 3 is 2.27 bits per heavy atom. The molecule has 6 heteroatoms. The zero-order valence-electron chi connectivity index (χ0n) is 16.6. The van der Waals surface area contributed by atoms with Crippen LogP contribution >= 0.6 is 0 Å². The number of carbonyl (C=O) groups is 1. The summed E-state index contributed by atoms with van der Waals surface area (Å²) in [5.74, 6) is -0.343. The highest BCUT2D eigenvalue weighted by Gasteiger charge is 2.32. The van der Waals surface area contributed by atoms with Crippen LogP contribution in [0.3, 0.4) is 0 Å². The second-order valence-corrected chi connectivity index (χ2v) is 6.98. The number of rotatable bonds is 15. The number of unbranched alkanes of at least 4 members (excludes halogenated alkanes) is 2. The van der Waals surface area contributed by atoms with Gasteiger partial charge in [0, 0.05) is 19.1 Å². The lowest BCUT2D eigenvalue weighted by atomic mass is 9.81. The first-order valence-corrected chi connectivity index (χ1v) is 10.3. The van der Waals surface area contributed by atoms with Crippen LogP contribution in [0.1, 0.15) is 65.2 Å². The first-order valence-electron chi connectivity index (χ1n) is 10.3. The maximum Gasteiger partial charge on any atom is 0.309 e. The summed E-state index contributed by atoms with van der Waals surface area (Å²) in [6, 6.07) is 0. The van der Waals surface area contributed by atoms with Crippen LogP contribution in [0.5, 0.6) is 0 Å². The van der Waals surface area contributed by atoms with Crippen molar-refractivity contribution in [2.75, 3.05) is 39.6 Å². The molecule has 1 saturated carbocycles. The fraction of sp³-hybridized carbons (Fsp3) is 0.950. The van der Waals surface area contributed by atoms with Crippen molar-refractivity contribution >= 4 is 5.97 Å². The summed E-state index contributed by atoms with van der Waals surface area (Å²) < 4.78 is 21.6. The molecule has 0 aromatic heterocycles. The predicted octanol–water partition coefficient (Wildman–Crippen LogP) is 3.30. The first-order chi connectivity index (χ1) is 12.7. The molecule has 1 aliphatic carbocycles. The molecule has 0 heterocycles. The van der Waals surface area contributed by atoms with E-state index in [0.717, 1.165) is 51.6 Å². The number of aliphatic hydroxyl groups excluding tert-OH is 1. The summed E-state index contributed by atoms with van der Waals surface area (Å²) in [4.78, 5) is 12.2. The Balaban J connectivity index is 2.16. The molecule has 3 unspecified atom stereocenters. The number of carbonyl (C=O) groups excluding carboxylic acids is 1. The number of hydrogen-bond acceptors (Lipinski definition) is 6. The zero-order chi connectivity index (χ0) is 19.0. The van der Waals surface area contributed by atoms with E-state index in [-0.39, 0.29) is 17.8 Å². The van der Waals surface area contributed by atoms with Crippen LogP contribution in [-0.2, 0) is 23.7 Å². The molecule has 1 aliphatic rings. The summed E-state index contributed by atoms with van der Waals surface area (Å²) >= 11 is 0. The van der Waals surface area contributed by atoms with Crippen molar-refractivity contribution in [1.82, 2.24) is 0 Å². The summed E-state index contributed by atoms with van der Waals surface area (Å²) in [5.41, 5.74) is 0. The summed E-state index contributed by atoms with van der Waals surface area (Å²) in [6.07, 6.45) is 6.65. The van der Waals surface area contributed by atoms with Crippen molar-refractivity contribution in [3.05, 3.63) is 0 Å². The van der Waals surface area contributed by atoms with E-state index in [2.05, 4.69) is 13.8 Å². The molecule has 6 nitrogen and oxygen atoms in total. The van der Waals surface area contributed by atoms with Crippen LogP contribution in [-0.4, -0.2) is 57.0 Å². The van der Waals surface area contributed by atoms with Crippen LogP contribution in [0, 0.1) is 11.8 Å². The van der Waals surface area contributed by atoms with Gasteiger partial charge in [0.15, 0.2) is 6.29 Å². The van der Waals surface area contributed by atoms with Crippen LogP contribution in [0.4, 0.5) is 0 Å². The third-order valence-electron chi connectivity index (χ3n) is 4.72. The van der Waals surface area contributed by atoms with Crippen molar-refractivity contribution in [1.29, 1.82) is 0 Å². The van der Waals surface area contributed by atoms with Crippen LogP contribution < -0.4 is 0 Å². The van der Waals surface area contributed by atoms with E-state index in [1.807, 2.05) is 0 Å². The maximum atomic E-state index is 12.2. The lowest BCUT2D eigenvalue weighted by Gasteiger charge is -2.30. The fourth-order valence-electron chi connectivity index (χ4n) is 3.08. The minimum Gasteiger partial charge on any atom is -0.463 e. The third-order valence-corrected chi connectivity index (χ3v) is 4.72. The van der Waals surface area contributed by atoms with Gasteiger partial charge in [-0.2, -0.15) is 0 Å². The molecule has 1 rings (SSSR count). The molecule has 0 aromatic carbocycles. The van der Waals surface area contributed by atoms with E-state index in [4.69, 9.17) is 18.9 Å². The zero-order valence-corrected chi connectivity index (χ0v) is 16.6. The molecular formula is C20H38O6. The Hall–Kier alpha value is -0.690. The Bertz CT molecular complexity index is 349. The summed E-state index contributed by atoms with van der Waals surface area (Å²) in [5, 5.41) is 10.2. The number of esters is 1. The van der Waals surface area contributed by atoms with Gasteiger partial charge in [0.2, 0.25) is 0 Å². The molecule has 1 fully saturated rings. The second-order valence-electron chi connectivity index (χ2n) is 6.98. The molecule has 0 bridgehead atoms. The van der Waals surface area contributed by atoms with Gasteiger partial charge < -0.3 is 24.1 Å². The first kappa shape index (κ1) is 23.3. The smallest absolute Gasteiger partial charge is 0.309 e. The van der Waals surface area contributed by atoms with Gasteiger partial charge in [-0.05, 0) is 32.1 Å². The van der Waals surface area contributed by atoms with Crippen LogP contribution in [0.2, 0.25) is 0 Å². The second kappa shape index (κ2) is 15.4. The molecule has 0 radical (unpaired) electrons. The molecule has 0 amide bonds. The van der Waals surface area contributed by atoms with Crippen LogP contribution in [0.15, 0.2) is 0 Å². The Labute approximate surface area is 158 Å². The van der Waals surface area contributed by atoms with E-state index in [0.29, 0.717) is 39.5 Å². The SMILES string of the molecule is CCCCOCCOC(=O)C1CCCC(C(O)OCCOCCCC)C1. The van der Waals surface area contributed by atoms with E-state index >= 15 is 0 Å². The summed E-state index contributed by atoms with van der Waals surface area (Å²) in [7, 11) is 0. The van der Waals surface area contributed by atoms with Gasteiger partial charge >= 0.3 is 5.97 Å². The minimum atomic E-state index is -0.835. The average molecular weight is 375 g/mol. The Morgan fingerprint density at radius 2 is 1.62 bits per heavy atom. The molecule has 0 saturated heterocycles. The van der Waals surface area contributed by atoms with Gasteiger partial charge in [-0.1, -0.05) is 33.1 Å². The van der Waals surface area contributed by atoms with Crippen molar-refractivity contribution < 1.29 is 28.8 Å². The topological polar surface area (TPSA) is 74.2 Å². The summed E-state index contributed by atoms with van der Waals surface area (Å²) in [6.45, 7) is 7.30. The number of aliphatic hydroxyl groups is 1. The van der Waals surface area contributed by atoms with Gasteiger partial charge in [-0.15, -0.1) is 0 Å². The van der Waals surface area contributed by atoms with Gasteiger partial charge in [0.05, 0.1) is 25.7 Å². The van der Waals surface area contributed by atoms with Crippen molar-refractivity contribution in [2.24, 2.45) is 11.8 Å². The van der Waals surface area contributed by atoms with E-state index in [1.54, 1.807) is 0 Å². The minimum absolute atomic E-state index is 0.0160. The van der Waals surface area contributed by atoms with E-state index < -0.39 is 6.29 Å². The standard InChI is InChI=1S/C20H38O6/c1-3-5-10-23-12-14-25-19(21)17-8-7-9-18(16-17)20(22)26-15-13-24-11-6-4-2/h17-19,21H,3-16H2,1-2H3. The van der Waals surface area contributed by atoms with Crippen molar-refractivity contribution in [3.63, 3.8) is 0 Å². The van der Waals surface area contributed by atoms with Gasteiger partial charge in [-0.25, -0.2) is 0 Å². The highest BCUT2D eigenvalue weighted by molar-refractivity contribution is 5.72. The largest absolute Gasteiger partial charge is 0.463 e. The average Bonchev–Trinajstić information content (AvgIpc) is 2.67. The van der Waals surface area contributed by atoms with Gasteiger partial charge in [0.25, 0.3) is 0 Å². The van der Waals surface area contributed by atoms with E-state index in [9.17, 15) is 9.90 Å². The maximum absolute atomic E-state index is 12.2. The molecule has 3 atom stereocenters. The molecular weight excluding hydrogens is 336 g/mol. The monoisotopic (exact) mass is 374 g/mol. The highest BCUT2D eigenvalue weighted by atomic mass is 16.6. The normalized spacial score (nSPS) is 21.5. The lowest BCUT2D eigenvalue weighted by molar-refractivity contribution is -0.164. The molecule has 0 aromatic rings. The Morgan fingerprint density at radius 1 is 0.962 bits per heavy atom. The van der Waals surface area contributed by atoms with Gasteiger partial charge in [0.1, 0.15) is 6.61 Å². The van der Waals surface area contributed by atoms with E-state index in [1.165, 1.54) is 0 Å². The molecule has 154 valence electrons. The molecule has 0 aliphatic heterocycles. The highest BCUT2D eigenvalue weighted by Crippen LogP contribution is 2.32. The molecule has 0 spiro atoms.